The van der Waals surface area contributed by atoms with Gasteiger partial charge in [-0.05, 0) is 18.2 Å². The van der Waals surface area contributed by atoms with Gasteiger partial charge in [0.15, 0.2) is 0 Å². The van der Waals surface area contributed by atoms with Gasteiger partial charge in [-0.25, -0.2) is 0 Å². The molecule has 0 aliphatic carbocycles. The molecule has 1 aliphatic heterocycles. The lowest BCUT2D eigenvalue weighted by atomic mass is 10.1. The predicted octanol–water partition coefficient (Wildman–Crippen LogP) is 0.275. The average Bonchev–Trinajstić information content (AvgIpc) is 2.59. The summed E-state index contributed by atoms with van der Waals surface area (Å²) >= 11 is 3.33. The fourth-order valence-electron chi connectivity index (χ4n) is 1.97. The van der Waals surface area contributed by atoms with E-state index in [2.05, 4.69) is 15.9 Å². The second-order valence-electron chi connectivity index (χ2n) is 4.11. The molecule has 0 spiro atoms. The van der Waals surface area contributed by atoms with Crippen LogP contribution in [0.3, 0.4) is 0 Å². The third kappa shape index (κ3) is 2.43. The Balaban J connectivity index is 2.36. The van der Waals surface area contributed by atoms with Crippen molar-refractivity contribution in [3.8, 4) is 0 Å². The van der Waals surface area contributed by atoms with Crippen molar-refractivity contribution in [2.45, 2.75) is 12.2 Å². The molecule has 2 rings (SSSR count). The van der Waals surface area contributed by atoms with E-state index in [-0.39, 0.29) is 5.84 Å². The zero-order chi connectivity index (χ0) is 12.6. The number of nitrogens with zero attached hydrogens (tertiary/aromatic N) is 1. The normalized spacial score (nSPS) is 24.1. The molecule has 1 saturated heterocycles. The van der Waals surface area contributed by atoms with Gasteiger partial charge < -0.3 is 20.8 Å². The van der Waals surface area contributed by atoms with Crippen LogP contribution in [0.5, 0.6) is 0 Å². The van der Waals surface area contributed by atoms with Gasteiger partial charge in [-0.1, -0.05) is 15.9 Å². The Bertz CT molecular complexity index is 442. The Labute approximate surface area is 107 Å². The Morgan fingerprint density at radius 3 is 2.47 bits per heavy atom. The number of hydrogen-bond acceptors (Lipinski definition) is 4. The predicted molar refractivity (Wildman–Crippen MR) is 69.4 cm³/mol. The summed E-state index contributed by atoms with van der Waals surface area (Å²) < 4.78 is 0.840. The van der Waals surface area contributed by atoms with E-state index in [1.54, 1.807) is 6.07 Å². The van der Waals surface area contributed by atoms with Crippen LogP contribution < -0.4 is 10.6 Å². The van der Waals surface area contributed by atoms with E-state index in [1.807, 2.05) is 17.0 Å². The minimum absolute atomic E-state index is 0.0304. The smallest absolute Gasteiger partial charge is 0.124 e. The average molecular weight is 300 g/mol. The van der Waals surface area contributed by atoms with Gasteiger partial charge in [0.25, 0.3) is 0 Å². The van der Waals surface area contributed by atoms with Crippen molar-refractivity contribution in [3.63, 3.8) is 0 Å². The first-order valence-corrected chi connectivity index (χ1v) is 6.03. The molecule has 0 saturated carbocycles. The molecule has 0 bridgehead atoms. The van der Waals surface area contributed by atoms with Crippen LogP contribution in [-0.2, 0) is 0 Å². The highest BCUT2D eigenvalue weighted by molar-refractivity contribution is 9.10. The molecule has 1 aromatic rings. The van der Waals surface area contributed by atoms with Crippen LogP contribution in [0.1, 0.15) is 5.56 Å². The van der Waals surface area contributed by atoms with Crippen LogP contribution in [-0.4, -0.2) is 41.3 Å². The summed E-state index contributed by atoms with van der Waals surface area (Å²) in [6.45, 7) is 0.701. The highest BCUT2D eigenvalue weighted by atomic mass is 79.9. The van der Waals surface area contributed by atoms with Crippen LogP contribution in [0.15, 0.2) is 22.7 Å². The maximum Gasteiger partial charge on any atom is 0.124 e. The van der Waals surface area contributed by atoms with Crippen LogP contribution in [0.4, 0.5) is 5.69 Å². The maximum atomic E-state index is 9.53. The monoisotopic (exact) mass is 299 g/mol. The first-order valence-electron chi connectivity index (χ1n) is 5.24. The minimum Gasteiger partial charge on any atom is -0.389 e. The van der Waals surface area contributed by atoms with E-state index in [9.17, 15) is 10.2 Å². The summed E-state index contributed by atoms with van der Waals surface area (Å²) in [7, 11) is 0. The topological polar surface area (TPSA) is 93.6 Å². The number of rotatable bonds is 2. The van der Waals surface area contributed by atoms with E-state index >= 15 is 0 Å². The van der Waals surface area contributed by atoms with Crippen molar-refractivity contribution in [2.24, 2.45) is 5.73 Å². The summed E-state index contributed by atoms with van der Waals surface area (Å²) in [5.41, 5.74) is 6.89. The largest absolute Gasteiger partial charge is 0.389 e. The van der Waals surface area contributed by atoms with Crippen LogP contribution in [0.2, 0.25) is 0 Å². The number of nitrogens with two attached hydrogens (primary N) is 1. The number of anilines is 1. The molecule has 5 N–H and O–H groups in total. The Morgan fingerprint density at radius 2 is 1.94 bits per heavy atom. The molecule has 1 fully saturated rings. The van der Waals surface area contributed by atoms with Crippen molar-refractivity contribution in [2.75, 3.05) is 18.0 Å². The molecule has 2 unspecified atom stereocenters. The lowest BCUT2D eigenvalue weighted by Crippen LogP contribution is -2.25. The standard InChI is InChI=1S/C11H14BrN3O2/c12-6-1-2-8(7(3-6)11(13)14)15-4-9(16)10(17)5-15/h1-3,9-10,16-17H,4-5H2,(H3,13,14). The van der Waals surface area contributed by atoms with Gasteiger partial charge in [0.2, 0.25) is 0 Å². The number of aliphatic hydroxyl groups excluding tert-OH is 2. The minimum atomic E-state index is -0.751. The number of halogens is 1. The third-order valence-electron chi connectivity index (χ3n) is 2.85. The van der Waals surface area contributed by atoms with Gasteiger partial charge >= 0.3 is 0 Å². The number of nitrogens with one attached hydrogen (secondary N) is 1. The van der Waals surface area contributed by atoms with E-state index < -0.39 is 12.2 Å². The third-order valence-corrected chi connectivity index (χ3v) is 3.34. The fraction of sp³-hybridized carbons (Fsp3) is 0.364. The number of nitrogen functional groups attached to an aromatic ring is 1. The molecule has 1 heterocycles. The molecule has 0 amide bonds. The zero-order valence-corrected chi connectivity index (χ0v) is 10.7. The van der Waals surface area contributed by atoms with Crippen molar-refractivity contribution in [1.82, 2.24) is 0 Å². The van der Waals surface area contributed by atoms with Gasteiger partial charge in [0.1, 0.15) is 5.84 Å². The Morgan fingerprint density at radius 1 is 1.35 bits per heavy atom. The fourth-order valence-corrected chi connectivity index (χ4v) is 2.33. The molecule has 1 aromatic carbocycles. The molecule has 6 heteroatoms. The molecule has 1 aliphatic rings. The lowest BCUT2D eigenvalue weighted by Gasteiger charge is -2.21. The van der Waals surface area contributed by atoms with Crippen molar-refractivity contribution >= 4 is 27.5 Å². The van der Waals surface area contributed by atoms with E-state index in [4.69, 9.17) is 11.1 Å². The highest BCUT2D eigenvalue weighted by Crippen LogP contribution is 2.27. The van der Waals surface area contributed by atoms with Crippen molar-refractivity contribution < 1.29 is 10.2 Å². The summed E-state index contributed by atoms with van der Waals surface area (Å²) in [6, 6.07) is 5.43. The van der Waals surface area contributed by atoms with Crippen LogP contribution in [0.25, 0.3) is 0 Å². The SMILES string of the molecule is N=C(N)c1cc(Br)ccc1N1CC(O)C(O)C1. The first kappa shape index (κ1) is 12.3. The number of amidine groups is 1. The van der Waals surface area contributed by atoms with Crippen molar-refractivity contribution in [1.29, 1.82) is 5.41 Å². The van der Waals surface area contributed by atoms with E-state index in [0.29, 0.717) is 18.7 Å². The van der Waals surface area contributed by atoms with Gasteiger partial charge in [-0.3, -0.25) is 5.41 Å². The quantitative estimate of drug-likeness (QED) is 0.466. The molecule has 0 aromatic heterocycles. The number of benzene rings is 1. The zero-order valence-electron chi connectivity index (χ0n) is 9.10. The lowest BCUT2D eigenvalue weighted by molar-refractivity contribution is 0.0572. The summed E-state index contributed by atoms with van der Waals surface area (Å²) in [4.78, 5) is 1.83. The number of aliphatic hydroxyl groups is 2. The second-order valence-corrected chi connectivity index (χ2v) is 5.03. The van der Waals surface area contributed by atoms with Crippen molar-refractivity contribution in [3.05, 3.63) is 28.2 Å². The Hall–Kier alpha value is -1.11. The molecular formula is C11H14BrN3O2. The number of hydrogen-bond donors (Lipinski definition) is 4. The van der Waals surface area contributed by atoms with E-state index in [1.165, 1.54) is 0 Å². The molecular weight excluding hydrogens is 286 g/mol. The van der Waals surface area contributed by atoms with Crippen LogP contribution >= 0.6 is 15.9 Å². The molecule has 5 nitrogen and oxygen atoms in total. The highest BCUT2D eigenvalue weighted by Gasteiger charge is 2.30. The number of β-amino-alcohol motifs (C(OH)–C–C–N with tert-alkyl or cyclic N) is 2. The van der Waals surface area contributed by atoms with Gasteiger partial charge in [-0.2, -0.15) is 0 Å². The van der Waals surface area contributed by atoms with Gasteiger partial charge in [-0.15, -0.1) is 0 Å². The van der Waals surface area contributed by atoms with Gasteiger partial charge in [0.05, 0.1) is 12.2 Å². The molecule has 0 radical (unpaired) electrons. The molecule has 17 heavy (non-hydrogen) atoms. The van der Waals surface area contributed by atoms with Crippen LogP contribution in [0, 0.1) is 5.41 Å². The first-order chi connectivity index (χ1) is 7.99. The second kappa shape index (κ2) is 4.64. The molecule has 92 valence electrons. The summed E-state index contributed by atoms with van der Waals surface area (Å²) in [6.07, 6.45) is -1.50. The summed E-state index contributed by atoms with van der Waals surface area (Å²) in [5, 5.41) is 26.6. The van der Waals surface area contributed by atoms with E-state index in [0.717, 1.165) is 10.2 Å². The molecule has 2 atom stereocenters. The Kier molecular flexibility index (Phi) is 3.37. The summed E-state index contributed by atoms with van der Waals surface area (Å²) in [5.74, 6) is -0.0304. The van der Waals surface area contributed by atoms with Gasteiger partial charge in [0, 0.05) is 28.8 Å². The maximum absolute atomic E-state index is 9.53.